The molecule has 0 saturated heterocycles. The molecule has 21 heavy (non-hydrogen) atoms. The molecule has 0 amide bonds. The predicted octanol–water partition coefficient (Wildman–Crippen LogP) is 3.29. The normalized spacial score (nSPS) is 10.9. The van der Waals surface area contributed by atoms with Crippen LogP contribution in [-0.4, -0.2) is 29.8 Å². The van der Waals surface area contributed by atoms with Crippen LogP contribution in [0.15, 0.2) is 23.7 Å². The van der Waals surface area contributed by atoms with Crippen LogP contribution in [0.2, 0.25) is 0 Å². The SMILES string of the molecule is COc1ccc(C(C)=O)cc1CN(C)Cc1scnc1C. The first kappa shape index (κ1) is 15.7. The molecule has 1 aromatic heterocycles. The maximum atomic E-state index is 11.5. The molecule has 0 aliphatic heterocycles. The molecule has 1 heterocycles. The summed E-state index contributed by atoms with van der Waals surface area (Å²) in [6, 6.07) is 5.58. The van der Waals surface area contributed by atoms with E-state index in [0.29, 0.717) is 5.56 Å². The van der Waals surface area contributed by atoms with Gasteiger partial charge in [-0.05, 0) is 39.1 Å². The highest BCUT2D eigenvalue weighted by Gasteiger charge is 2.11. The molecule has 0 aliphatic carbocycles. The first-order valence-corrected chi connectivity index (χ1v) is 7.64. The summed E-state index contributed by atoms with van der Waals surface area (Å²) >= 11 is 1.67. The molecule has 0 bridgehead atoms. The highest BCUT2D eigenvalue weighted by molar-refractivity contribution is 7.09. The van der Waals surface area contributed by atoms with E-state index in [9.17, 15) is 4.79 Å². The summed E-state index contributed by atoms with van der Waals surface area (Å²) < 4.78 is 5.39. The molecule has 112 valence electrons. The van der Waals surface area contributed by atoms with Crippen molar-refractivity contribution < 1.29 is 9.53 Å². The number of carbonyl (C=O) groups excluding carboxylic acids is 1. The molecule has 2 aromatic rings. The van der Waals surface area contributed by atoms with E-state index in [1.807, 2.05) is 24.6 Å². The van der Waals surface area contributed by atoms with E-state index in [1.54, 1.807) is 31.4 Å². The summed E-state index contributed by atoms with van der Waals surface area (Å²) in [5.74, 6) is 0.882. The van der Waals surface area contributed by atoms with Gasteiger partial charge in [0.15, 0.2) is 5.78 Å². The molecule has 5 heteroatoms. The number of methoxy groups -OCH3 is 1. The Morgan fingerprint density at radius 1 is 1.38 bits per heavy atom. The smallest absolute Gasteiger partial charge is 0.159 e. The van der Waals surface area contributed by atoms with Crippen LogP contribution in [-0.2, 0) is 13.1 Å². The van der Waals surface area contributed by atoms with Crippen LogP contribution in [0.5, 0.6) is 5.75 Å². The van der Waals surface area contributed by atoms with Crippen LogP contribution in [0.1, 0.15) is 33.4 Å². The van der Waals surface area contributed by atoms with Crippen LogP contribution in [0.4, 0.5) is 0 Å². The summed E-state index contributed by atoms with van der Waals surface area (Å²) in [5.41, 5.74) is 4.69. The van der Waals surface area contributed by atoms with Crippen molar-refractivity contribution in [1.82, 2.24) is 9.88 Å². The van der Waals surface area contributed by atoms with Crippen molar-refractivity contribution in [3.05, 3.63) is 45.4 Å². The van der Waals surface area contributed by atoms with Crippen molar-refractivity contribution in [3.8, 4) is 5.75 Å². The Labute approximate surface area is 129 Å². The summed E-state index contributed by atoms with van der Waals surface area (Å²) in [5, 5.41) is 0. The Bertz CT molecular complexity index is 637. The quantitative estimate of drug-likeness (QED) is 0.768. The summed E-state index contributed by atoms with van der Waals surface area (Å²) in [6.45, 7) is 5.16. The molecule has 2 rings (SSSR count). The minimum atomic E-state index is 0.0693. The number of benzene rings is 1. The largest absolute Gasteiger partial charge is 0.496 e. The fourth-order valence-corrected chi connectivity index (χ4v) is 3.05. The lowest BCUT2D eigenvalue weighted by Crippen LogP contribution is -2.18. The van der Waals surface area contributed by atoms with Crippen LogP contribution in [0.25, 0.3) is 0 Å². The van der Waals surface area contributed by atoms with Crippen LogP contribution in [0.3, 0.4) is 0 Å². The number of thiazole rings is 1. The van der Waals surface area contributed by atoms with E-state index in [2.05, 4.69) is 16.9 Å². The van der Waals surface area contributed by atoms with Crippen molar-refractivity contribution in [2.75, 3.05) is 14.2 Å². The molecule has 4 nitrogen and oxygen atoms in total. The number of ether oxygens (including phenoxy) is 1. The van der Waals surface area contributed by atoms with Gasteiger partial charge in [0, 0.05) is 29.1 Å². The molecule has 0 aliphatic rings. The minimum absolute atomic E-state index is 0.0693. The fourth-order valence-electron chi connectivity index (χ4n) is 2.19. The van der Waals surface area contributed by atoms with Crippen LogP contribution < -0.4 is 4.74 Å². The number of hydrogen-bond donors (Lipinski definition) is 0. The zero-order valence-corrected chi connectivity index (χ0v) is 13.7. The van der Waals surface area contributed by atoms with Gasteiger partial charge in [-0.1, -0.05) is 0 Å². The molecule has 0 atom stereocenters. The Kier molecular flexibility index (Phi) is 5.09. The number of aryl methyl sites for hydroxylation is 1. The monoisotopic (exact) mass is 304 g/mol. The average molecular weight is 304 g/mol. The van der Waals surface area contributed by atoms with Crippen LogP contribution in [0, 0.1) is 6.92 Å². The molecular weight excluding hydrogens is 284 g/mol. The van der Waals surface area contributed by atoms with Crippen molar-refractivity contribution >= 4 is 17.1 Å². The molecule has 0 saturated carbocycles. The van der Waals surface area contributed by atoms with Gasteiger partial charge in [0.05, 0.1) is 18.3 Å². The number of ketones is 1. The van der Waals surface area contributed by atoms with Gasteiger partial charge in [-0.25, -0.2) is 4.98 Å². The van der Waals surface area contributed by atoms with Gasteiger partial charge < -0.3 is 4.74 Å². The number of hydrogen-bond acceptors (Lipinski definition) is 5. The third kappa shape index (κ3) is 3.89. The molecule has 0 spiro atoms. The number of rotatable bonds is 6. The molecular formula is C16H20N2O2S. The lowest BCUT2D eigenvalue weighted by Gasteiger charge is -2.18. The van der Waals surface area contributed by atoms with Gasteiger partial charge in [-0.3, -0.25) is 9.69 Å². The van der Waals surface area contributed by atoms with E-state index in [1.165, 1.54) is 4.88 Å². The zero-order chi connectivity index (χ0) is 15.4. The summed E-state index contributed by atoms with van der Waals surface area (Å²) in [6.07, 6.45) is 0. The summed E-state index contributed by atoms with van der Waals surface area (Å²) in [7, 11) is 3.71. The lowest BCUT2D eigenvalue weighted by atomic mass is 10.1. The first-order valence-electron chi connectivity index (χ1n) is 6.76. The summed E-state index contributed by atoms with van der Waals surface area (Å²) in [4.78, 5) is 19.3. The number of nitrogens with zero attached hydrogens (tertiary/aromatic N) is 2. The average Bonchev–Trinajstić information content (AvgIpc) is 2.84. The van der Waals surface area contributed by atoms with Gasteiger partial charge in [0.1, 0.15) is 5.75 Å². The second-order valence-corrected chi connectivity index (χ2v) is 6.06. The topological polar surface area (TPSA) is 42.4 Å². The van der Waals surface area contributed by atoms with Gasteiger partial charge >= 0.3 is 0 Å². The highest BCUT2D eigenvalue weighted by Crippen LogP contribution is 2.23. The molecule has 0 unspecified atom stereocenters. The van der Waals surface area contributed by atoms with Crippen LogP contribution >= 0.6 is 11.3 Å². The minimum Gasteiger partial charge on any atom is -0.496 e. The highest BCUT2D eigenvalue weighted by atomic mass is 32.1. The molecule has 0 N–H and O–H groups in total. The van der Waals surface area contributed by atoms with Gasteiger partial charge in [-0.15, -0.1) is 11.3 Å². The second kappa shape index (κ2) is 6.83. The zero-order valence-electron chi connectivity index (χ0n) is 12.8. The molecule has 0 fully saturated rings. The molecule has 1 aromatic carbocycles. The van der Waals surface area contributed by atoms with Crippen molar-refractivity contribution in [2.24, 2.45) is 0 Å². The standard InChI is InChI=1S/C16H20N2O2S/c1-11-16(21-10-17-11)9-18(3)8-14-7-13(12(2)19)5-6-15(14)20-4/h5-7,10H,8-9H2,1-4H3. The Morgan fingerprint density at radius 2 is 2.14 bits per heavy atom. The fraction of sp³-hybridized carbons (Fsp3) is 0.375. The Balaban J connectivity index is 2.15. The Morgan fingerprint density at radius 3 is 2.71 bits per heavy atom. The lowest BCUT2D eigenvalue weighted by molar-refractivity contribution is 0.101. The van der Waals surface area contributed by atoms with Crippen molar-refractivity contribution in [1.29, 1.82) is 0 Å². The van der Waals surface area contributed by atoms with Crippen molar-refractivity contribution in [3.63, 3.8) is 0 Å². The van der Waals surface area contributed by atoms with Gasteiger partial charge in [0.25, 0.3) is 0 Å². The number of Topliss-reactive ketones (excluding diaryl/α,β-unsaturated/α-hetero) is 1. The number of carbonyl (C=O) groups is 1. The van der Waals surface area contributed by atoms with Gasteiger partial charge in [-0.2, -0.15) is 0 Å². The van der Waals surface area contributed by atoms with Crippen molar-refractivity contribution in [2.45, 2.75) is 26.9 Å². The third-order valence-electron chi connectivity index (χ3n) is 3.39. The van der Waals surface area contributed by atoms with E-state index in [0.717, 1.165) is 30.1 Å². The predicted molar refractivity (Wildman–Crippen MR) is 85.0 cm³/mol. The number of aromatic nitrogens is 1. The van der Waals surface area contributed by atoms with E-state index < -0.39 is 0 Å². The maximum Gasteiger partial charge on any atom is 0.159 e. The maximum absolute atomic E-state index is 11.5. The Hall–Kier alpha value is -1.72. The van der Waals surface area contributed by atoms with E-state index >= 15 is 0 Å². The second-order valence-electron chi connectivity index (χ2n) is 5.12. The van der Waals surface area contributed by atoms with Gasteiger partial charge in [0.2, 0.25) is 0 Å². The first-order chi connectivity index (χ1) is 10.0. The molecule has 0 radical (unpaired) electrons. The van der Waals surface area contributed by atoms with E-state index in [4.69, 9.17) is 4.74 Å². The third-order valence-corrected chi connectivity index (χ3v) is 4.31. The van der Waals surface area contributed by atoms with E-state index in [-0.39, 0.29) is 5.78 Å².